The molecule has 6 heteroatoms. The Hall–Kier alpha value is -0.810. The van der Waals surface area contributed by atoms with Crippen molar-refractivity contribution in [2.24, 2.45) is 11.3 Å². The number of carboxylic acid groups (broad SMARTS) is 1. The first-order valence-corrected chi connectivity index (χ1v) is 4.66. The van der Waals surface area contributed by atoms with Crippen molar-refractivity contribution in [1.29, 1.82) is 0 Å². The Morgan fingerprint density at radius 3 is 1.73 bits per heavy atom. The number of alkyl halides is 4. The molecule has 0 aromatic carbocycles. The fraction of sp³-hybridized carbons (Fsp3) is 0.889. The summed E-state index contributed by atoms with van der Waals surface area (Å²) in [6.07, 6.45) is -3.35. The molecule has 0 unspecified atom stereocenters. The van der Waals surface area contributed by atoms with E-state index in [0.29, 0.717) is 0 Å². The van der Waals surface area contributed by atoms with Crippen molar-refractivity contribution < 1.29 is 27.5 Å². The van der Waals surface area contributed by atoms with E-state index in [2.05, 4.69) is 0 Å². The third-order valence-electron chi connectivity index (χ3n) is 3.45. The van der Waals surface area contributed by atoms with Crippen LogP contribution in [-0.4, -0.2) is 22.9 Å². The van der Waals surface area contributed by atoms with Gasteiger partial charge in [0.15, 0.2) is 0 Å². The van der Waals surface area contributed by atoms with Crippen LogP contribution in [0, 0.1) is 11.3 Å². The zero-order valence-corrected chi connectivity index (χ0v) is 7.77. The minimum Gasteiger partial charge on any atom is -0.481 e. The van der Waals surface area contributed by atoms with Crippen LogP contribution >= 0.6 is 0 Å². The highest BCUT2D eigenvalue weighted by atomic mass is 19.3. The molecule has 86 valence electrons. The number of hydrogen-bond donors (Lipinski definition) is 1. The maximum Gasteiger partial charge on any atom is 0.310 e. The van der Waals surface area contributed by atoms with Crippen molar-refractivity contribution in [2.45, 2.75) is 37.5 Å². The topological polar surface area (TPSA) is 37.3 Å². The van der Waals surface area contributed by atoms with E-state index in [9.17, 15) is 22.4 Å². The monoisotopic (exact) mass is 226 g/mol. The van der Waals surface area contributed by atoms with Gasteiger partial charge in [0.25, 0.3) is 0 Å². The van der Waals surface area contributed by atoms with E-state index < -0.39 is 54.8 Å². The van der Waals surface area contributed by atoms with Crippen LogP contribution in [0.4, 0.5) is 17.6 Å². The average molecular weight is 226 g/mol. The number of carbonyl (C=O) groups is 1. The SMILES string of the molecule is O=C(O)C12CC(F)(F)CC1CC(F)(F)C2. The number of fused-ring (bicyclic) bond motifs is 1. The van der Waals surface area contributed by atoms with Gasteiger partial charge in [0, 0.05) is 25.7 Å². The highest BCUT2D eigenvalue weighted by Crippen LogP contribution is 2.63. The van der Waals surface area contributed by atoms with Gasteiger partial charge in [0.1, 0.15) is 0 Å². The Kier molecular flexibility index (Phi) is 1.89. The zero-order valence-electron chi connectivity index (χ0n) is 7.77. The Balaban J connectivity index is 2.34. The van der Waals surface area contributed by atoms with E-state index in [-0.39, 0.29) is 0 Å². The average Bonchev–Trinajstić information content (AvgIpc) is 2.31. The Bertz CT molecular complexity index is 293. The van der Waals surface area contributed by atoms with Crippen LogP contribution in [0.3, 0.4) is 0 Å². The normalized spacial score (nSPS) is 41.5. The molecular formula is C9H10F4O2. The van der Waals surface area contributed by atoms with Gasteiger partial charge < -0.3 is 5.11 Å². The molecule has 0 aromatic rings. The lowest BCUT2D eigenvalue weighted by Gasteiger charge is -2.22. The molecular weight excluding hydrogens is 216 g/mol. The summed E-state index contributed by atoms with van der Waals surface area (Å²) in [5, 5.41) is 8.87. The third-order valence-corrected chi connectivity index (χ3v) is 3.45. The molecule has 1 N–H and O–H groups in total. The molecule has 2 saturated carbocycles. The smallest absolute Gasteiger partial charge is 0.310 e. The summed E-state index contributed by atoms with van der Waals surface area (Å²) in [5.74, 6) is -8.83. The van der Waals surface area contributed by atoms with Crippen LogP contribution in [0.2, 0.25) is 0 Å². The van der Waals surface area contributed by atoms with Crippen molar-refractivity contribution in [1.82, 2.24) is 0 Å². The fourth-order valence-electron chi connectivity index (χ4n) is 2.93. The lowest BCUT2D eigenvalue weighted by Crippen LogP contribution is -2.32. The molecule has 2 nitrogen and oxygen atoms in total. The molecule has 0 heterocycles. The van der Waals surface area contributed by atoms with Gasteiger partial charge in [0.2, 0.25) is 11.8 Å². The van der Waals surface area contributed by atoms with Crippen molar-refractivity contribution in [3.05, 3.63) is 0 Å². The highest BCUT2D eigenvalue weighted by Gasteiger charge is 2.68. The van der Waals surface area contributed by atoms with E-state index in [0.717, 1.165) is 0 Å². The molecule has 2 fully saturated rings. The molecule has 0 radical (unpaired) electrons. The second kappa shape index (κ2) is 2.65. The molecule has 0 aromatic heterocycles. The minimum absolute atomic E-state index is 0.727. The summed E-state index contributed by atoms with van der Waals surface area (Å²) in [6.45, 7) is 0. The van der Waals surface area contributed by atoms with Crippen molar-refractivity contribution in [2.75, 3.05) is 0 Å². The number of rotatable bonds is 1. The molecule has 0 amide bonds. The Labute approximate surface area is 83.3 Å². The lowest BCUT2D eigenvalue weighted by molar-refractivity contribution is -0.153. The van der Waals surface area contributed by atoms with Gasteiger partial charge >= 0.3 is 5.97 Å². The Morgan fingerprint density at radius 2 is 1.47 bits per heavy atom. The second-order valence-corrected chi connectivity index (χ2v) is 4.63. The molecule has 2 aliphatic rings. The first-order chi connectivity index (χ1) is 6.67. The van der Waals surface area contributed by atoms with Crippen LogP contribution in [0.15, 0.2) is 0 Å². The Morgan fingerprint density at radius 1 is 1.07 bits per heavy atom. The maximum atomic E-state index is 13.0. The maximum absolute atomic E-state index is 13.0. The van der Waals surface area contributed by atoms with Gasteiger partial charge in [-0.05, 0) is 5.92 Å². The van der Waals surface area contributed by atoms with Crippen LogP contribution < -0.4 is 0 Å². The standard InChI is InChI=1S/C9H10F4O2/c10-8(11)1-5-2-9(12,13)4-7(5,3-8)6(14)15/h5H,1-4H2,(H,14,15). The summed E-state index contributed by atoms with van der Waals surface area (Å²) in [6, 6.07) is 0. The fourth-order valence-corrected chi connectivity index (χ4v) is 2.93. The van der Waals surface area contributed by atoms with E-state index in [1.165, 1.54) is 0 Å². The predicted molar refractivity (Wildman–Crippen MR) is 41.9 cm³/mol. The van der Waals surface area contributed by atoms with E-state index in [4.69, 9.17) is 5.11 Å². The summed E-state index contributed by atoms with van der Waals surface area (Å²) < 4.78 is 52.1. The van der Waals surface area contributed by atoms with Crippen molar-refractivity contribution >= 4 is 5.97 Å². The van der Waals surface area contributed by atoms with Crippen LogP contribution in [-0.2, 0) is 4.79 Å². The van der Waals surface area contributed by atoms with E-state index in [1.807, 2.05) is 0 Å². The number of carboxylic acids is 1. The summed E-state index contributed by atoms with van der Waals surface area (Å²) in [4.78, 5) is 10.9. The van der Waals surface area contributed by atoms with Crippen LogP contribution in [0.1, 0.15) is 25.7 Å². The quantitative estimate of drug-likeness (QED) is 0.697. The molecule has 0 aliphatic heterocycles. The molecule has 0 atom stereocenters. The molecule has 2 rings (SSSR count). The van der Waals surface area contributed by atoms with Crippen LogP contribution in [0.25, 0.3) is 0 Å². The molecule has 2 aliphatic carbocycles. The van der Waals surface area contributed by atoms with E-state index in [1.54, 1.807) is 0 Å². The molecule has 0 spiro atoms. The molecule has 15 heavy (non-hydrogen) atoms. The van der Waals surface area contributed by atoms with Crippen LogP contribution in [0.5, 0.6) is 0 Å². The van der Waals surface area contributed by atoms with Gasteiger partial charge in [-0.2, -0.15) is 0 Å². The number of hydrogen-bond acceptors (Lipinski definition) is 1. The number of halogens is 4. The first kappa shape index (κ1) is 10.7. The molecule has 0 bridgehead atoms. The van der Waals surface area contributed by atoms with E-state index >= 15 is 0 Å². The van der Waals surface area contributed by atoms with Crippen molar-refractivity contribution in [3.63, 3.8) is 0 Å². The number of aliphatic carboxylic acids is 1. The molecule has 0 saturated heterocycles. The predicted octanol–water partition coefficient (Wildman–Crippen LogP) is 2.53. The highest BCUT2D eigenvalue weighted by molar-refractivity contribution is 5.76. The van der Waals surface area contributed by atoms with Gasteiger partial charge in [-0.25, -0.2) is 17.6 Å². The van der Waals surface area contributed by atoms with Gasteiger partial charge in [-0.15, -0.1) is 0 Å². The van der Waals surface area contributed by atoms with Gasteiger partial charge in [0.05, 0.1) is 5.41 Å². The summed E-state index contributed by atoms with van der Waals surface area (Å²) >= 11 is 0. The summed E-state index contributed by atoms with van der Waals surface area (Å²) in [7, 11) is 0. The zero-order chi connectivity index (χ0) is 11.5. The van der Waals surface area contributed by atoms with Crippen molar-refractivity contribution in [3.8, 4) is 0 Å². The minimum atomic E-state index is -3.11. The van der Waals surface area contributed by atoms with Gasteiger partial charge in [-0.3, -0.25) is 4.79 Å². The largest absolute Gasteiger partial charge is 0.481 e. The summed E-state index contributed by atoms with van der Waals surface area (Å²) in [5.41, 5.74) is -1.91. The third kappa shape index (κ3) is 1.50. The van der Waals surface area contributed by atoms with Gasteiger partial charge in [-0.1, -0.05) is 0 Å². The first-order valence-electron chi connectivity index (χ1n) is 4.66. The second-order valence-electron chi connectivity index (χ2n) is 4.63. The lowest BCUT2D eigenvalue weighted by atomic mass is 9.80.